The van der Waals surface area contributed by atoms with Crippen LogP contribution in [-0.4, -0.2) is 39.0 Å². The first-order chi connectivity index (χ1) is 15.9. The Balaban J connectivity index is 1.43. The van der Waals surface area contributed by atoms with Crippen molar-refractivity contribution in [2.24, 2.45) is 0 Å². The van der Waals surface area contributed by atoms with Crippen LogP contribution in [0.15, 0.2) is 86.0 Å². The molecular formula is C24H18N8. The van der Waals surface area contributed by atoms with Crippen molar-refractivity contribution in [1.29, 1.82) is 0 Å². The molecule has 4 heterocycles. The molecule has 32 heavy (non-hydrogen) atoms. The van der Waals surface area contributed by atoms with Crippen molar-refractivity contribution in [3.8, 4) is 11.4 Å². The molecule has 6 aromatic rings. The molecule has 8 nitrogen and oxygen atoms in total. The minimum Gasteiger partial charge on any atom is -0.311 e. The van der Waals surface area contributed by atoms with Crippen LogP contribution in [0.4, 0.5) is 0 Å². The Hall–Kier alpha value is -4.46. The molecule has 0 amide bonds. The Morgan fingerprint density at radius 2 is 0.938 bits per heavy atom. The highest BCUT2D eigenvalue weighted by molar-refractivity contribution is 5.95. The van der Waals surface area contributed by atoms with E-state index in [4.69, 9.17) is 0 Å². The Kier molecular flexibility index (Phi) is 4.39. The van der Waals surface area contributed by atoms with Crippen LogP contribution in [-0.2, 0) is 13.1 Å². The maximum Gasteiger partial charge on any atom is 0.164 e. The van der Waals surface area contributed by atoms with Gasteiger partial charge in [0.2, 0.25) is 0 Å². The van der Waals surface area contributed by atoms with E-state index in [0.29, 0.717) is 35.5 Å². The van der Waals surface area contributed by atoms with E-state index in [1.807, 2.05) is 45.5 Å². The van der Waals surface area contributed by atoms with Gasteiger partial charge in [0.25, 0.3) is 0 Å². The van der Waals surface area contributed by atoms with Gasteiger partial charge in [-0.15, -0.1) is 0 Å². The number of imidazole rings is 2. The van der Waals surface area contributed by atoms with Gasteiger partial charge in [-0.25, -0.2) is 29.9 Å². The zero-order chi connectivity index (χ0) is 21.3. The van der Waals surface area contributed by atoms with Gasteiger partial charge >= 0.3 is 0 Å². The molecule has 0 saturated carbocycles. The van der Waals surface area contributed by atoms with Crippen LogP contribution in [0.25, 0.3) is 33.7 Å². The van der Waals surface area contributed by atoms with Gasteiger partial charge in [-0.3, -0.25) is 0 Å². The summed E-state index contributed by atoms with van der Waals surface area (Å²) in [5, 5.41) is 0. The molecular weight excluding hydrogens is 400 g/mol. The Morgan fingerprint density at radius 1 is 0.500 bits per heavy atom. The topological polar surface area (TPSA) is 87.2 Å². The van der Waals surface area contributed by atoms with Gasteiger partial charge in [0.15, 0.2) is 11.3 Å². The molecule has 0 N–H and O–H groups in total. The van der Waals surface area contributed by atoms with E-state index in [1.54, 1.807) is 25.3 Å². The van der Waals surface area contributed by atoms with Crippen LogP contribution in [0.1, 0.15) is 11.1 Å². The molecule has 0 unspecified atom stereocenters. The maximum atomic E-state index is 4.62. The van der Waals surface area contributed by atoms with Crippen molar-refractivity contribution in [3.05, 3.63) is 97.1 Å². The Morgan fingerprint density at radius 3 is 1.38 bits per heavy atom. The van der Waals surface area contributed by atoms with Gasteiger partial charge in [-0.05, 0) is 11.1 Å². The van der Waals surface area contributed by atoms with Crippen molar-refractivity contribution in [2.75, 3.05) is 0 Å². The van der Waals surface area contributed by atoms with Crippen molar-refractivity contribution >= 4 is 22.3 Å². The lowest BCUT2D eigenvalue weighted by Crippen LogP contribution is -2.01. The highest BCUT2D eigenvalue weighted by Crippen LogP contribution is 2.28. The lowest BCUT2D eigenvalue weighted by atomic mass is 10.2. The Bertz CT molecular complexity index is 1400. The van der Waals surface area contributed by atoms with Crippen LogP contribution in [0.2, 0.25) is 0 Å². The number of rotatable bonds is 5. The third-order valence-corrected chi connectivity index (χ3v) is 5.42. The van der Waals surface area contributed by atoms with Crippen LogP contribution >= 0.6 is 0 Å². The zero-order valence-corrected chi connectivity index (χ0v) is 17.1. The Labute approximate surface area is 183 Å². The van der Waals surface area contributed by atoms with Gasteiger partial charge in [0.1, 0.15) is 35.1 Å². The fraction of sp³-hybridized carbons (Fsp3) is 0.0833. The molecule has 0 aliphatic rings. The SMILES string of the molecule is c1ccc(Cn2cnc3c(-c4ncnc5c4ncn5Cc4ccccc4)ncnc32)cc1. The maximum absolute atomic E-state index is 4.62. The minimum absolute atomic E-state index is 0.652. The van der Waals surface area contributed by atoms with Crippen molar-refractivity contribution in [3.63, 3.8) is 0 Å². The second kappa shape index (κ2) is 7.66. The summed E-state index contributed by atoms with van der Waals surface area (Å²) < 4.78 is 4.03. The molecule has 8 heteroatoms. The standard InChI is InChI=1S/C24H18N8/c1-3-7-17(8-4-1)11-31-15-29-21-19(25-13-27-23(21)31)20-22-24(28-14-26-20)32(16-30-22)12-18-9-5-2-6-10-18/h1-10,13-16H,11-12H2. The fourth-order valence-corrected chi connectivity index (χ4v) is 3.90. The molecule has 4 aromatic heterocycles. The van der Waals surface area contributed by atoms with Crippen molar-refractivity contribution in [2.45, 2.75) is 13.1 Å². The second-order valence-electron chi connectivity index (χ2n) is 7.51. The number of aromatic nitrogens is 8. The average molecular weight is 418 g/mol. The number of benzene rings is 2. The number of hydrogen-bond donors (Lipinski definition) is 0. The van der Waals surface area contributed by atoms with Gasteiger partial charge in [0, 0.05) is 0 Å². The van der Waals surface area contributed by atoms with Crippen LogP contribution in [0.3, 0.4) is 0 Å². The molecule has 6 rings (SSSR count). The summed E-state index contributed by atoms with van der Waals surface area (Å²) >= 11 is 0. The smallest absolute Gasteiger partial charge is 0.164 e. The number of nitrogens with zero attached hydrogens (tertiary/aromatic N) is 8. The fourth-order valence-electron chi connectivity index (χ4n) is 3.90. The quantitative estimate of drug-likeness (QED) is 0.424. The normalized spacial score (nSPS) is 11.4. The minimum atomic E-state index is 0.652. The summed E-state index contributed by atoms with van der Waals surface area (Å²) in [4.78, 5) is 27.2. The van der Waals surface area contributed by atoms with E-state index >= 15 is 0 Å². The largest absolute Gasteiger partial charge is 0.311 e. The summed E-state index contributed by atoms with van der Waals surface area (Å²) in [6.45, 7) is 1.36. The highest BCUT2D eigenvalue weighted by Gasteiger charge is 2.18. The van der Waals surface area contributed by atoms with Gasteiger partial charge in [-0.1, -0.05) is 60.7 Å². The number of hydrogen-bond acceptors (Lipinski definition) is 6. The molecule has 154 valence electrons. The molecule has 0 aliphatic heterocycles. The predicted octanol–water partition coefficient (Wildman–Crippen LogP) is 3.73. The van der Waals surface area contributed by atoms with Gasteiger partial charge < -0.3 is 9.13 Å². The average Bonchev–Trinajstić information content (AvgIpc) is 3.45. The number of fused-ring (bicyclic) bond motifs is 2. The summed E-state index contributed by atoms with van der Waals surface area (Å²) in [5.41, 5.74) is 6.57. The molecule has 0 spiro atoms. The first-order valence-corrected chi connectivity index (χ1v) is 10.3. The van der Waals surface area contributed by atoms with E-state index in [2.05, 4.69) is 54.2 Å². The molecule has 2 aromatic carbocycles. The summed E-state index contributed by atoms with van der Waals surface area (Å²) in [5.74, 6) is 0. The zero-order valence-electron chi connectivity index (χ0n) is 17.1. The van der Waals surface area contributed by atoms with E-state index in [-0.39, 0.29) is 0 Å². The van der Waals surface area contributed by atoms with Crippen LogP contribution in [0, 0.1) is 0 Å². The lowest BCUT2D eigenvalue weighted by Gasteiger charge is -2.06. The summed E-state index contributed by atoms with van der Waals surface area (Å²) in [7, 11) is 0. The van der Waals surface area contributed by atoms with Gasteiger partial charge in [0.05, 0.1) is 25.7 Å². The van der Waals surface area contributed by atoms with E-state index in [1.165, 1.54) is 11.1 Å². The first-order valence-electron chi connectivity index (χ1n) is 10.3. The second-order valence-corrected chi connectivity index (χ2v) is 7.51. The molecule has 0 bridgehead atoms. The van der Waals surface area contributed by atoms with E-state index < -0.39 is 0 Å². The summed E-state index contributed by atoms with van der Waals surface area (Å²) in [6, 6.07) is 20.5. The molecule has 0 radical (unpaired) electrons. The molecule has 0 fully saturated rings. The lowest BCUT2D eigenvalue weighted by molar-refractivity contribution is 0.813. The predicted molar refractivity (Wildman–Crippen MR) is 121 cm³/mol. The first kappa shape index (κ1) is 18.3. The molecule has 0 atom stereocenters. The van der Waals surface area contributed by atoms with E-state index in [9.17, 15) is 0 Å². The van der Waals surface area contributed by atoms with Crippen LogP contribution < -0.4 is 0 Å². The van der Waals surface area contributed by atoms with Crippen molar-refractivity contribution < 1.29 is 0 Å². The highest BCUT2D eigenvalue weighted by atomic mass is 15.1. The van der Waals surface area contributed by atoms with Gasteiger partial charge in [-0.2, -0.15) is 0 Å². The summed E-state index contributed by atoms with van der Waals surface area (Å²) in [6.07, 6.45) is 6.69. The van der Waals surface area contributed by atoms with Crippen molar-refractivity contribution in [1.82, 2.24) is 39.0 Å². The monoisotopic (exact) mass is 418 g/mol. The third-order valence-electron chi connectivity index (χ3n) is 5.42. The third kappa shape index (κ3) is 3.18. The molecule has 0 aliphatic carbocycles. The molecule has 0 saturated heterocycles. The van der Waals surface area contributed by atoms with Crippen LogP contribution in [0.5, 0.6) is 0 Å². The van der Waals surface area contributed by atoms with E-state index in [0.717, 1.165) is 11.3 Å².